The van der Waals surface area contributed by atoms with E-state index in [-0.39, 0.29) is 22.2 Å². The summed E-state index contributed by atoms with van der Waals surface area (Å²) in [7, 11) is -3.86. The molecule has 1 unspecified atom stereocenters. The zero-order chi connectivity index (χ0) is 16.6. The average Bonchev–Trinajstić information content (AvgIpc) is 2.50. The Balaban J connectivity index is 1.90. The highest BCUT2D eigenvalue weighted by atomic mass is 32.2. The smallest absolute Gasteiger partial charge is 0.265 e. The first kappa shape index (κ1) is 15.3. The van der Waals surface area contributed by atoms with Crippen LogP contribution in [0.15, 0.2) is 47.4 Å². The molecule has 0 aromatic heterocycles. The number of carbonyl (C=O) groups excluding carboxylic acids is 1. The van der Waals surface area contributed by atoms with E-state index in [4.69, 9.17) is 4.74 Å². The van der Waals surface area contributed by atoms with Crippen LogP contribution in [0.1, 0.15) is 6.92 Å². The predicted molar refractivity (Wildman–Crippen MR) is 82.4 cm³/mol. The number of fused-ring (bicyclic) bond motifs is 1. The van der Waals surface area contributed by atoms with Gasteiger partial charge in [0.05, 0.1) is 10.6 Å². The molecule has 1 aliphatic rings. The van der Waals surface area contributed by atoms with Crippen molar-refractivity contribution < 1.29 is 22.3 Å². The van der Waals surface area contributed by atoms with Crippen LogP contribution in [0.25, 0.3) is 0 Å². The van der Waals surface area contributed by atoms with E-state index < -0.39 is 21.9 Å². The number of carbonyl (C=O) groups is 1. The molecule has 3 rings (SSSR count). The predicted octanol–water partition coefficient (Wildman–Crippen LogP) is 2.35. The monoisotopic (exact) mass is 336 g/mol. The highest BCUT2D eigenvalue weighted by Crippen LogP contribution is 2.32. The van der Waals surface area contributed by atoms with E-state index in [9.17, 15) is 17.6 Å². The second-order valence-electron chi connectivity index (χ2n) is 5.02. The molecule has 23 heavy (non-hydrogen) atoms. The molecule has 2 N–H and O–H groups in total. The number of benzene rings is 2. The van der Waals surface area contributed by atoms with Gasteiger partial charge in [0.25, 0.3) is 15.9 Å². The lowest BCUT2D eigenvalue weighted by atomic mass is 10.2. The number of halogens is 1. The van der Waals surface area contributed by atoms with Gasteiger partial charge >= 0.3 is 0 Å². The molecular weight excluding hydrogens is 323 g/mol. The Labute approximate surface area is 132 Å². The van der Waals surface area contributed by atoms with E-state index in [0.29, 0.717) is 5.69 Å². The molecule has 0 aliphatic carbocycles. The van der Waals surface area contributed by atoms with Gasteiger partial charge in [0.1, 0.15) is 11.6 Å². The minimum Gasteiger partial charge on any atom is -0.479 e. The first-order valence-corrected chi connectivity index (χ1v) is 8.23. The van der Waals surface area contributed by atoms with Crippen molar-refractivity contribution in [1.82, 2.24) is 0 Å². The van der Waals surface area contributed by atoms with Crippen LogP contribution in [0.2, 0.25) is 0 Å². The molecule has 0 saturated carbocycles. The highest BCUT2D eigenvalue weighted by molar-refractivity contribution is 7.92. The van der Waals surface area contributed by atoms with Crippen LogP contribution in [0.4, 0.5) is 15.8 Å². The second kappa shape index (κ2) is 5.54. The summed E-state index contributed by atoms with van der Waals surface area (Å²) in [4.78, 5) is 11.5. The molecule has 6 nitrogen and oxygen atoms in total. The van der Waals surface area contributed by atoms with Crippen LogP contribution < -0.4 is 14.8 Å². The van der Waals surface area contributed by atoms with Crippen molar-refractivity contribution in [3.8, 4) is 5.75 Å². The summed E-state index contributed by atoms with van der Waals surface area (Å²) >= 11 is 0. The summed E-state index contributed by atoms with van der Waals surface area (Å²) in [5.74, 6) is -0.475. The third kappa shape index (κ3) is 3.11. The van der Waals surface area contributed by atoms with Crippen LogP contribution in [-0.2, 0) is 14.8 Å². The third-order valence-electron chi connectivity index (χ3n) is 3.29. The lowest BCUT2D eigenvalue weighted by Gasteiger charge is -2.23. The number of anilines is 2. The summed E-state index contributed by atoms with van der Waals surface area (Å²) < 4.78 is 45.4. The molecule has 2 aromatic rings. The quantitative estimate of drug-likeness (QED) is 0.901. The summed E-state index contributed by atoms with van der Waals surface area (Å²) in [6, 6.07) is 9.10. The van der Waals surface area contributed by atoms with Gasteiger partial charge in [0, 0.05) is 11.8 Å². The molecule has 0 bridgehead atoms. The molecule has 0 saturated heterocycles. The third-order valence-corrected chi connectivity index (χ3v) is 4.67. The summed E-state index contributed by atoms with van der Waals surface area (Å²) in [5.41, 5.74) is 0.653. The molecule has 120 valence electrons. The van der Waals surface area contributed by atoms with E-state index in [1.54, 1.807) is 6.92 Å². The van der Waals surface area contributed by atoms with E-state index in [1.807, 2.05) is 0 Å². The van der Waals surface area contributed by atoms with Gasteiger partial charge in [-0.15, -0.1) is 0 Å². The maximum absolute atomic E-state index is 12.9. The maximum atomic E-state index is 12.9. The number of sulfonamides is 1. The highest BCUT2D eigenvalue weighted by Gasteiger charge is 2.25. The first-order valence-electron chi connectivity index (χ1n) is 6.75. The fourth-order valence-corrected chi connectivity index (χ4v) is 3.15. The topological polar surface area (TPSA) is 84.5 Å². The number of hydrogen-bond acceptors (Lipinski definition) is 4. The van der Waals surface area contributed by atoms with Gasteiger partial charge in [-0.1, -0.05) is 0 Å². The van der Waals surface area contributed by atoms with Crippen molar-refractivity contribution >= 4 is 27.3 Å². The average molecular weight is 336 g/mol. The van der Waals surface area contributed by atoms with Gasteiger partial charge < -0.3 is 10.1 Å². The molecular formula is C15H13FN2O4S. The molecule has 0 fully saturated rings. The van der Waals surface area contributed by atoms with Gasteiger partial charge in [-0.2, -0.15) is 0 Å². The number of amides is 1. The molecule has 2 aromatic carbocycles. The SMILES string of the molecule is CC1Oc2cc(S(=O)(=O)Nc3ccc(F)cc3)ccc2NC1=O. The number of rotatable bonds is 3. The standard InChI is InChI=1S/C15H13FN2O4S/c1-9-15(19)17-13-7-6-12(8-14(13)22-9)23(20,21)18-11-4-2-10(16)3-5-11/h2-9,18H,1H3,(H,17,19). The summed E-state index contributed by atoms with van der Waals surface area (Å²) in [5, 5.41) is 2.62. The van der Waals surface area contributed by atoms with Crippen molar-refractivity contribution in [2.75, 3.05) is 10.0 Å². The summed E-state index contributed by atoms with van der Waals surface area (Å²) in [6.07, 6.45) is -0.703. The van der Waals surface area contributed by atoms with Crippen molar-refractivity contribution in [2.24, 2.45) is 0 Å². The molecule has 1 amide bonds. The second-order valence-corrected chi connectivity index (χ2v) is 6.70. The Morgan fingerprint density at radius 2 is 1.87 bits per heavy atom. The number of ether oxygens (including phenoxy) is 1. The van der Waals surface area contributed by atoms with Crippen molar-refractivity contribution in [3.63, 3.8) is 0 Å². The van der Waals surface area contributed by atoms with Crippen LogP contribution in [-0.4, -0.2) is 20.4 Å². The molecule has 0 spiro atoms. The minimum absolute atomic E-state index is 0.0241. The maximum Gasteiger partial charge on any atom is 0.265 e. The first-order chi connectivity index (χ1) is 10.8. The van der Waals surface area contributed by atoms with Crippen molar-refractivity contribution in [2.45, 2.75) is 17.9 Å². The van der Waals surface area contributed by atoms with Crippen molar-refractivity contribution in [1.29, 1.82) is 0 Å². The fraction of sp³-hybridized carbons (Fsp3) is 0.133. The summed E-state index contributed by atoms with van der Waals surface area (Å²) in [6.45, 7) is 1.57. The number of hydrogen-bond donors (Lipinski definition) is 2. The normalized spacial score (nSPS) is 17.0. The van der Waals surface area contributed by atoms with E-state index in [1.165, 1.54) is 30.3 Å². The van der Waals surface area contributed by atoms with Crippen molar-refractivity contribution in [3.05, 3.63) is 48.3 Å². The largest absolute Gasteiger partial charge is 0.479 e. The minimum atomic E-state index is -3.86. The molecule has 1 atom stereocenters. The fourth-order valence-electron chi connectivity index (χ4n) is 2.08. The zero-order valence-corrected chi connectivity index (χ0v) is 12.9. The Morgan fingerprint density at radius 3 is 2.57 bits per heavy atom. The lowest BCUT2D eigenvalue weighted by Crippen LogP contribution is -2.34. The van der Waals surface area contributed by atoms with Gasteiger partial charge in [0.15, 0.2) is 6.10 Å². The Hall–Kier alpha value is -2.61. The zero-order valence-electron chi connectivity index (χ0n) is 12.0. The molecule has 1 aliphatic heterocycles. The molecule has 0 radical (unpaired) electrons. The number of nitrogens with one attached hydrogen (secondary N) is 2. The van der Waals surface area contributed by atoms with Gasteiger partial charge in [0.2, 0.25) is 0 Å². The lowest BCUT2D eigenvalue weighted by molar-refractivity contribution is -0.122. The van der Waals surface area contributed by atoms with Gasteiger partial charge in [-0.3, -0.25) is 9.52 Å². The molecule has 1 heterocycles. The Morgan fingerprint density at radius 1 is 1.17 bits per heavy atom. The van der Waals surface area contributed by atoms with Gasteiger partial charge in [-0.05, 0) is 43.3 Å². The van der Waals surface area contributed by atoms with Crippen LogP contribution >= 0.6 is 0 Å². The van der Waals surface area contributed by atoms with Crippen LogP contribution in [0, 0.1) is 5.82 Å². The van der Waals surface area contributed by atoms with E-state index >= 15 is 0 Å². The van der Waals surface area contributed by atoms with Crippen LogP contribution in [0.3, 0.4) is 0 Å². The Bertz CT molecular complexity index is 866. The van der Waals surface area contributed by atoms with E-state index in [2.05, 4.69) is 10.0 Å². The Kier molecular flexibility index (Phi) is 3.69. The van der Waals surface area contributed by atoms with Crippen LogP contribution in [0.5, 0.6) is 5.75 Å². The van der Waals surface area contributed by atoms with E-state index in [0.717, 1.165) is 12.1 Å². The van der Waals surface area contributed by atoms with Gasteiger partial charge in [-0.25, -0.2) is 12.8 Å². The molecule has 8 heteroatoms.